The molecule has 6 rings (SSSR count). The van der Waals surface area contributed by atoms with Gasteiger partial charge < -0.3 is 31.1 Å². The van der Waals surface area contributed by atoms with Gasteiger partial charge in [-0.05, 0) is 32.0 Å². The van der Waals surface area contributed by atoms with Crippen molar-refractivity contribution in [1.82, 2.24) is 18.8 Å². The normalized spacial score (nSPS) is 17.6. The molecule has 0 unspecified atom stereocenters. The lowest BCUT2D eigenvalue weighted by Crippen LogP contribution is -2.62. The fourth-order valence-electron chi connectivity index (χ4n) is 5.69. The minimum atomic E-state index is -1.80. The van der Waals surface area contributed by atoms with Crippen molar-refractivity contribution in [3.8, 4) is 0 Å². The van der Waals surface area contributed by atoms with Crippen LogP contribution < -0.4 is 16.0 Å². The second-order valence-electron chi connectivity index (χ2n) is 12.4. The summed E-state index contributed by atoms with van der Waals surface area (Å²) >= 11 is 8.43. The number of ketones is 1. The Morgan fingerprint density at radius 1 is 1.27 bits per heavy atom. The van der Waals surface area contributed by atoms with E-state index in [2.05, 4.69) is 14.5 Å². The molecule has 2 aliphatic rings. The number of carbonyl (C=O) groups excluding carboxylic acids is 2. The molecule has 2 atom stereocenters. The predicted molar refractivity (Wildman–Crippen MR) is 188 cm³/mol. The Balaban J connectivity index is 1.22. The van der Waals surface area contributed by atoms with E-state index in [1.807, 2.05) is 12.1 Å². The van der Waals surface area contributed by atoms with Crippen molar-refractivity contribution in [2.45, 2.75) is 44.3 Å². The average molecular weight is 771 g/mol. The minimum absolute atomic E-state index is 0.0226. The van der Waals surface area contributed by atoms with E-state index in [0.717, 1.165) is 23.0 Å². The van der Waals surface area contributed by atoms with Gasteiger partial charge in [-0.2, -0.15) is 13.9 Å². The highest BCUT2D eigenvalue weighted by Gasteiger charge is 2.54. The number of carboxylic acid groups (broad SMARTS) is 2. The van der Waals surface area contributed by atoms with Crippen LogP contribution in [0.5, 0.6) is 0 Å². The zero-order valence-corrected chi connectivity index (χ0v) is 29.8. The van der Waals surface area contributed by atoms with Crippen LogP contribution in [0.1, 0.15) is 37.2 Å². The molecule has 16 nitrogen and oxygen atoms in total. The molecular formula is C32H30ClFN9O7S2+. The largest absolute Gasteiger partial charge is 0.478 e. The minimum Gasteiger partial charge on any atom is -0.478 e. The van der Waals surface area contributed by atoms with Gasteiger partial charge in [0.15, 0.2) is 35.6 Å². The van der Waals surface area contributed by atoms with Gasteiger partial charge in [0.2, 0.25) is 17.3 Å². The number of carbonyl (C=O) groups is 4. The second-order valence-corrected chi connectivity index (χ2v) is 14.7. The summed E-state index contributed by atoms with van der Waals surface area (Å²) in [5, 5.41) is 31.3. The summed E-state index contributed by atoms with van der Waals surface area (Å²) in [7, 11) is 0. The first-order valence-corrected chi connectivity index (χ1v) is 17.6. The van der Waals surface area contributed by atoms with Gasteiger partial charge >= 0.3 is 11.9 Å². The van der Waals surface area contributed by atoms with E-state index < -0.39 is 58.5 Å². The maximum absolute atomic E-state index is 15.0. The van der Waals surface area contributed by atoms with Crippen LogP contribution in [0.15, 0.2) is 59.3 Å². The molecule has 0 bridgehead atoms. The number of nitrogens with two attached hydrogens (primary N) is 2. The number of pyridine rings is 1. The standard InChI is InChI=1S/C32H29ClFN9O7S2/c1-32(2,30(48)49)50-39-23(26-38-31(37)52-40-26)22(44)9-17-27(45)43-24(29(46)47)16(13-51-28(17)43)10-41-5-3-14-4-6-42(21(14)12-41)11-18-19(33)7-15(25(35)36)8-20(18)34/h3-8,12,17,28H,9-11,13H2,1-2H3,(H6-,35,36,37,38,40,46,47,48,49)/p+1/b39-23+/t17-,28-/m1/s1. The smallest absolute Gasteiger partial charge is 0.352 e. The van der Waals surface area contributed by atoms with Gasteiger partial charge in [-0.25, -0.2) is 14.0 Å². The Kier molecular flexibility index (Phi) is 9.77. The molecule has 1 fully saturated rings. The van der Waals surface area contributed by atoms with Crippen LogP contribution in [0.4, 0.5) is 9.52 Å². The summed E-state index contributed by atoms with van der Waals surface area (Å²) < 4.78 is 22.5. The van der Waals surface area contributed by atoms with Gasteiger partial charge in [-0.1, -0.05) is 16.8 Å². The molecule has 7 N–H and O–H groups in total. The summed E-state index contributed by atoms with van der Waals surface area (Å²) in [6.07, 6.45) is 4.91. The van der Waals surface area contributed by atoms with Crippen LogP contribution in [-0.2, 0) is 37.1 Å². The Morgan fingerprint density at radius 2 is 2.02 bits per heavy atom. The van der Waals surface area contributed by atoms with E-state index in [-0.39, 0.29) is 57.5 Å². The van der Waals surface area contributed by atoms with E-state index in [1.165, 1.54) is 36.6 Å². The zero-order valence-electron chi connectivity index (χ0n) is 27.4. The number of rotatable bonds is 13. The van der Waals surface area contributed by atoms with E-state index in [9.17, 15) is 33.8 Å². The third-order valence-corrected chi connectivity index (χ3v) is 10.8. The maximum atomic E-state index is 15.0. The number of nitrogens with zero attached hydrogens (tertiary/aromatic N) is 6. The second kappa shape index (κ2) is 14.0. The van der Waals surface area contributed by atoms with Gasteiger partial charge in [0.1, 0.15) is 22.9 Å². The van der Waals surface area contributed by atoms with Crippen LogP contribution in [0.2, 0.25) is 5.02 Å². The summed E-state index contributed by atoms with van der Waals surface area (Å²) in [4.78, 5) is 61.3. The summed E-state index contributed by atoms with van der Waals surface area (Å²) in [5.74, 6) is -5.75. The molecule has 4 aromatic rings. The lowest BCUT2D eigenvalue weighted by molar-refractivity contribution is -0.687. The van der Waals surface area contributed by atoms with Gasteiger partial charge in [0.05, 0.1) is 17.8 Å². The first-order valence-electron chi connectivity index (χ1n) is 15.4. The van der Waals surface area contributed by atoms with Crippen LogP contribution in [0.3, 0.4) is 0 Å². The molecule has 1 saturated heterocycles. The fourth-order valence-corrected chi connectivity index (χ4v) is 7.79. The number of thioether (sulfide) groups is 1. The number of hydrogen-bond donors (Lipinski definition) is 5. The van der Waals surface area contributed by atoms with Crippen molar-refractivity contribution in [2.75, 3.05) is 11.5 Å². The third kappa shape index (κ3) is 6.93. The van der Waals surface area contributed by atoms with Crippen LogP contribution in [0.25, 0.3) is 10.9 Å². The zero-order chi connectivity index (χ0) is 37.6. The molecule has 0 aliphatic carbocycles. The number of amidine groups is 1. The monoisotopic (exact) mass is 770 g/mol. The number of amides is 1. The number of carboxylic acids is 2. The number of fused-ring (bicyclic) bond motifs is 2. The molecule has 0 radical (unpaired) electrons. The van der Waals surface area contributed by atoms with Crippen molar-refractivity contribution in [1.29, 1.82) is 5.41 Å². The number of halogens is 2. The Labute approximate surface area is 307 Å². The average Bonchev–Trinajstić information content (AvgIpc) is 3.70. The van der Waals surface area contributed by atoms with Gasteiger partial charge in [-0.15, -0.1) is 11.8 Å². The Hall–Kier alpha value is -5.40. The molecule has 0 saturated carbocycles. The Morgan fingerprint density at radius 3 is 2.65 bits per heavy atom. The predicted octanol–water partition coefficient (Wildman–Crippen LogP) is 2.60. The van der Waals surface area contributed by atoms with E-state index >= 15 is 0 Å². The maximum Gasteiger partial charge on any atom is 0.352 e. The number of nitrogens with one attached hydrogen (secondary N) is 1. The summed E-state index contributed by atoms with van der Waals surface area (Å²) in [6.45, 7) is 2.65. The molecule has 2 aliphatic heterocycles. The topological polar surface area (TPSA) is 244 Å². The number of Topliss-reactive ketones (excluding diaryl/α,β-unsaturated/α-hetero) is 1. The lowest BCUT2D eigenvalue weighted by Gasteiger charge is -2.49. The highest BCUT2D eigenvalue weighted by Crippen LogP contribution is 2.45. The number of aromatic nitrogens is 4. The lowest BCUT2D eigenvalue weighted by atomic mass is 9.89. The van der Waals surface area contributed by atoms with E-state index in [1.54, 1.807) is 27.7 Å². The summed E-state index contributed by atoms with van der Waals surface area (Å²) in [6, 6.07) is 6.24. The number of β-lactam (4-membered cyclic amide) rings is 1. The first kappa shape index (κ1) is 36.4. The van der Waals surface area contributed by atoms with Crippen LogP contribution >= 0.6 is 34.9 Å². The summed E-state index contributed by atoms with van der Waals surface area (Å²) in [5.41, 5.74) is 10.3. The molecule has 270 valence electrons. The Bertz CT molecular complexity index is 2230. The van der Waals surface area contributed by atoms with Crippen LogP contribution in [-0.4, -0.2) is 80.9 Å². The first-order chi connectivity index (χ1) is 24.5. The molecule has 0 spiro atoms. The van der Waals surface area contributed by atoms with Crippen molar-refractivity contribution < 1.29 is 43.2 Å². The highest BCUT2D eigenvalue weighted by molar-refractivity contribution is 8.00. The highest BCUT2D eigenvalue weighted by atomic mass is 35.5. The molecule has 5 heterocycles. The van der Waals surface area contributed by atoms with Crippen LogP contribution in [0, 0.1) is 17.1 Å². The number of aliphatic carboxylic acids is 2. The molecule has 3 aromatic heterocycles. The number of nitrogen functional groups attached to an aromatic ring is 2. The van der Waals surface area contributed by atoms with E-state index in [0.29, 0.717) is 11.1 Å². The quantitative estimate of drug-likeness (QED) is 0.0433. The van der Waals surface area contributed by atoms with Crippen molar-refractivity contribution in [3.05, 3.63) is 81.9 Å². The van der Waals surface area contributed by atoms with Crippen molar-refractivity contribution >= 4 is 86.1 Å². The number of oxime groups is 1. The van der Waals surface area contributed by atoms with Gasteiger partial charge in [0, 0.05) is 63.1 Å². The molecular weight excluding hydrogens is 741 g/mol. The van der Waals surface area contributed by atoms with E-state index in [4.69, 9.17) is 33.3 Å². The molecule has 1 amide bonds. The molecule has 1 aromatic carbocycles. The SMILES string of the molecule is CC(C)(O/N=C(\C(=O)C[C@@H]1C(=O)N2C(C(=O)O)=C(C[n+]3ccc4ccn(Cc5c(F)cc(C(=N)N)cc5Cl)c4c3)CS[C@H]12)c1nsc(N)n1)C(=O)O. The molecule has 20 heteroatoms. The number of benzene rings is 1. The van der Waals surface area contributed by atoms with Crippen molar-refractivity contribution in [3.63, 3.8) is 0 Å². The fraction of sp³-hybridized carbons (Fsp3) is 0.281. The molecule has 52 heavy (non-hydrogen) atoms. The van der Waals surface area contributed by atoms with Crippen molar-refractivity contribution in [2.24, 2.45) is 16.8 Å². The third-order valence-electron chi connectivity index (χ3n) is 8.49. The number of anilines is 1. The number of hydrogen-bond acceptors (Lipinski definition) is 12. The van der Waals surface area contributed by atoms with Gasteiger partial charge in [-0.3, -0.25) is 19.9 Å². The van der Waals surface area contributed by atoms with Gasteiger partial charge in [0.25, 0.3) is 0 Å².